The van der Waals surface area contributed by atoms with Crippen molar-refractivity contribution in [1.29, 1.82) is 0 Å². The van der Waals surface area contributed by atoms with Crippen molar-refractivity contribution < 1.29 is 49.1 Å². The number of hydrogen-bond donors (Lipinski definition) is 5. The van der Waals surface area contributed by atoms with Crippen LogP contribution < -0.4 is 34.8 Å². The van der Waals surface area contributed by atoms with E-state index in [1.165, 1.54) is 0 Å². The summed E-state index contributed by atoms with van der Waals surface area (Å²) in [5, 5.41) is 48.1. The van der Waals surface area contributed by atoms with Crippen molar-refractivity contribution in [3.63, 3.8) is 0 Å². The van der Waals surface area contributed by atoms with Crippen LogP contribution in [-0.2, 0) is 6.54 Å². The van der Waals surface area contributed by atoms with Gasteiger partial charge in [0.25, 0.3) is 0 Å². The molecule has 0 saturated carbocycles. The zero-order valence-electron chi connectivity index (χ0n) is 66.3. The maximum atomic E-state index is 13.2. The van der Waals surface area contributed by atoms with Gasteiger partial charge in [0.15, 0.2) is 33.9 Å². The fourth-order valence-corrected chi connectivity index (χ4v) is 17.5. The Hall–Kier alpha value is -11.8. The van der Waals surface area contributed by atoms with Crippen LogP contribution in [0.4, 0.5) is 51.3 Å². The number of ketones is 4. The quantitative estimate of drug-likeness (QED) is 0.0990. The summed E-state index contributed by atoms with van der Waals surface area (Å²) in [5.74, 6) is 2.82. The minimum Gasteiger partial charge on any atom is -0.486 e. The van der Waals surface area contributed by atoms with E-state index in [-0.39, 0.29) is 23.1 Å². The molecule has 11 aromatic rings. The zero-order chi connectivity index (χ0) is 80.8. The monoisotopic (exact) mass is 1560 g/mol. The average Bonchev–Trinajstić information content (AvgIpc) is 1.63. The molecule has 3 aromatic heterocycles. The van der Waals surface area contributed by atoms with Crippen LogP contribution in [-0.4, -0.2) is 163 Å². The Labute approximate surface area is 669 Å². The summed E-state index contributed by atoms with van der Waals surface area (Å²) in [7, 11) is 4.05. The maximum Gasteiger partial charge on any atom is 0.204 e. The van der Waals surface area contributed by atoms with Crippen LogP contribution in [0, 0.1) is 55.4 Å². The predicted octanol–water partition coefficient (Wildman–Crippen LogP) is 14.9. The molecular formula is C91H89N13O10S. The molecule has 4 saturated heterocycles. The number of carbonyl (C=O) groups excluding carboxylic acids is 4. The molecule has 0 aliphatic carbocycles. The molecular weight excluding hydrogens is 1470 g/mol. The molecule has 20 rings (SSSR count). The van der Waals surface area contributed by atoms with Crippen LogP contribution in [0.5, 0.6) is 11.5 Å². The molecule has 9 aliphatic heterocycles. The zero-order valence-corrected chi connectivity index (χ0v) is 67.1. The van der Waals surface area contributed by atoms with Crippen LogP contribution >= 0.6 is 11.3 Å². The number of pyridine rings is 2. The van der Waals surface area contributed by atoms with Crippen LogP contribution in [0.2, 0.25) is 0 Å². The van der Waals surface area contributed by atoms with Gasteiger partial charge in [0.1, 0.15) is 42.4 Å². The number of nitrogens with two attached hydrogens (primary N) is 1. The van der Waals surface area contributed by atoms with Crippen molar-refractivity contribution in [2.24, 2.45) is 20.0 Å². The number of ether oxygens (including phenoxy) is 2. The number of nitrogens with zero attached hydrogens (tertiary/aromatic N) is 12. The fourth-order valence-electron chi connectivity index (χ4n) is 16.6. The molecule has 115 heavy (non-hydrogen) atoms. The number of rotatable bonds is 7. The van der Waals surface area contributed by atoms with Crippen molar-refractivity contribution in [3.05, 3.63) is 223 Å². The Morgan fingerprint density at radius 2 is 0.774 bits per heavy atom. The minimum atomic E-state index is -1.58. The first-order valence-electron chi connectivity index (χ1n) is 38.9. The molecule has 6 N–H and O–H groups in total. The number of aromatic nitrogens is 3. The third-order valence-corrected chi connectivity index (χ3v) is 25.0. The SMILES string of the molecule is Cc1cc2c(cc1C)C(=O)[C@]1(O)CCN(c3ccc4c(c3)OCCO4)C1=N2.Cc1cc2c(cc1C)C(=O)[C@]1(O)CCN(c3ccc4nc(CN(C)C)ccc4c3)C1=N2.Cc1cc2c(cc1C)C(=O)[C@]1(O)CCN(c3ccc4nc(N)ccc4c3)C1=N2.Cc1cc2c(cc1C)C(=O)[C@]1(O)CCN(c3ccc4sc(C(C)C)nc4c3)C1=N2. The number of thiazole rings is 1. The Kier molecular flexibility index (Phi) is 18.7. The molecule has 0 amide bonds. The first-order valence-corrected chi connectivity index (χ1v) is 39.7. The summed E-state index contributed by atoms with van der Waals surface area (Å²) >= 11 is 1.71. The third-order valence-electron chi connectivity index (χ3n) is 23.7. The van der Waals surface area contributed by atoms with Gasteiger partial charge in [-0.3, -0.25) is 24.2 Å². The number of nitrogen functional groups attached to an aromatic ring is 1. The highest BCUT2D eigenvalue weighted by atomic mass is 32.1. The molecule has 24 heteroatoms. The van der Waals surface area contributed by atoms with E-state index in [1.807, 2.05) is 210 Å². The number of aryl methyl sites for hydroxylation is 8. The minimum absolute atomic E-state index is 0.250. The van der Waals surface area contributed by atoms with Gasteiger partial charge in [-0.2, -0.15) is 0 Å². The lowest BCUT2D eigenvalue weighted by atomic mass is 9.86. The molecule has 0 spiro atoms. The van der Waals surface area contributed by atoms with E-state index >= 15 is 0 Å². The number of aliphatic hydroxyl groups is 4. The Morgan fingerprint density at radius 3 is 1.18 bits per heavy atom. The summed E-state index contributed by atoms with van der Waals surface area (Å²) in [4.78, 5) is 95.2. The number of fused-ring (bicyclic) bond motifs is 12. The van der Waals surface area contributed by atoms with Crippen molar-refractivity contribution in [2.75, 3.05) is 78.8 Å². The molecule has 4 fully saturated rings. The van der Waals surface area contributed by atoms with E-state index in [4.69, 9.17) is 45.1 Å². The van der Waals surface area contributed by atoms with Crippen molar-refractivity contribution in [3.8, 4) is 11.5 Å². The van der Waals surface area contributed by atoms with Gasteiger partial charge in [0.05, 0.1) is 54.7 Å². The van der Waals surface area contributed by atoms with E-state index < -0.39 is 22.4 Å². The molecule has 23 nitrogen and oxygen atoms in total. The van der Waals surface area contributed by atoms with Crippen molar-refractivity contribution in [1.82, 2.24) is 19.9 Å². The molecule has 0 unspecified atom stereocenters. The number of carbonyl (C=O) groups is 4. The fraction of sp³-hybridized carbons (Fsp3) is 0.308. The van der Waals surface area contributed by atoms with Gasteiger partial charge in [-0.25, -0.2) is 29.9 Å². The van der Waals surface area contributed by atoms with E-state index in [0.717, 1.165) is 117 Å². The van der Waals surface area contributed by atoms with Crippen LogP contribution in [0.3, 0.4) is 0 Å². The molecule has 4 atom stereocenters. The van der Waals surface area contributed by atoms with E-state index in [9.17, 15) is 39.6 Å². The van der Waals surface area contributed by atoms with Crippen molar-refractivity contribution >= 4 is 141 Å². The third kappa shape index (κ3) is 13.0. The van der Waals surface area contributed by atoms with E-state index in [1.54, 1.807) is 17.4 Å². The summed E-state index contributed by atoms with van der Waals surface area (Å²) in [5.41, 5.74) is 19.6. The highest BCUT2D eigenvalue weighted by Crippen LogP contribution is 2.48. The highest BCUT2D eigenvalue weighted by molar-refractivity contribution is 7.18. The predicted molar refractivity (Wildman–Crippen MR) is 453 cm³/mol. The van der Waals surface area contributed by atoms with Crippen molar-refractivity contribution in [2.45, 2.75) is 130 Å². The highest BCUT2D eigenvalue weighted by Gasteiger charge is 2.56. The number of amidine groups is 4. The standard InChI is InChI=1S/C25H26N4O2.C23H23N3O2S.C22H20N4O2.C21H20N2O4/c1-15-11-20-22(12-16(15)2)27-24-25(31,23(20)30)9-10-29(24)19-7-8-21-17(13-19)5-6-18(26-21)14-28(3)4;1-12(2)21-24-18-11-15(5-6-19(18)29-21)26-8-7-23(28)20(27)16-9-13(3)14(4)10-17(16)25-22(23)26;1-12-9-16-18(10-13(12)2)25-21-22(28,20(16)27)7-8-26(21)15-4-5-17-14(11-15)3-6-19(23)24-17;1-12-9-15-16(10-13(12)2)22-20-21(25,19(15)24)5-6-23(20)14-3-4-17-18(11-14)27-8-7-26-17/h5-8,11-13,31H,9-10,14H2,1-4H3;5-6,9-12,28H,7-8H2,1-4H3;3-6,9-11,28H,7-8H2,1-2H3,(H2,23,24);3-4,9-11,25H,5-8H2,1-2H3/t25-;23-;22-;21-/m1111/s1. The molecule has 584 valence electrons. The smallest absolute Gasteiger partial charge is 0.204 e. The van der Waals surface area contributed by atoms with Gasteiger partial charge < -0.3 is 60.1 Å². The molecule has 9 aliphatic rings. The Balaban J connectivity index is 0.000000111. The molecule has 0 bridgehead atoms. The molecule has 0 radical (unpaired) electrons. The van der Waals surface area contributed by atoms with Gasteiger partial charge >= 0.3 is 0 Å². The first-order chi connectivity index (χ1) is 54.9. The summed E-state index contributed by atoms with van der Waals surface area (Å²) in [6.45, 7) is 24.1. The number of hydrogen-bond acceptors (Lipinski definition) is 24. The second-order valence-electron chi connectivity index (χ2n) is 32.1. The number of Topliss-reactive ketones (excluding diaryl/α,β-unsaturated/α-hetero) is 4. The van der Waals surface area contributed by atoms with Crippen LogP contribution in [0.25, 0.3) is 32.0 Å². The van der Waals surface area contributed by atoms with Gasteiger partial charge in [-0.15, -0.1) is 11.3 Å². The Morgan fingerprint density at radius 1 is 0.417 bits per heavy atom. The Bertz CT molecular complexity index is 6170. The maximum absolute atomic E-state index is 13.2. The molecule has 8 aromatic carbocycles. The number of anilines is 5. The first kappa shape index (κ1) is 75.9. The van der Waals surface area contributed by atoms with E-state index in [0.29, 0.717) is 157 Å². The lowest BCUT2D eigenvalue weighted by Gasteiger charge is -2.30. The summed E-state index contributed by atoms with van der Waals surface area (Å²) < 4.78 is 12.4. The summed E-state index contributed by atoms with van der Waals surface area (Å²) in [6, 6.07) is 46.4. The van der Waals surface area contributed by atoms with Gasteiger partial charge in [-0.05, 0) is 247 Å². The van der Waals surface area contributed by atoms with Gasteiger partial charge in [0.2, 0.25) is 23.1 Å². The van der Waals surface area contributed by atoms with Gasteiger partial charge in [0, 0.05) is 126 Å². The lowest BCUT2D eigenvalue weighted by Crippen LogP contribution is -2.48. The van der Waals surface area contributed by atoms with Gasteiger partial charge in [-0.1, -0.05) is 19.9 Å². The normalized spacial score (nSPS) is 21.2. The van der Waals surface area contributed by atoms with Crippen LogP contribution in [0.1, 0.15) is 142 Å². The average molecular weight is 1560 g/mol. The topological polar surface area (TPSA) is 298 Å². The largest absolute Gasteiger partial charge is 0.486 e. The summed E-state index contributed by atoms with van der Waals surface area (Å²) in [6.07, 6.45) is 1.29. The lowest BCUT2D eigenvalue weighted by molar-refractivity contribution is 0.0600. The van der Waals surface area contributed by atoms with Crippen LogP contribution in [0.15, 0.2) is 166 Å². The molecule has 12 heterocycles. The van der Waals surface area contributed by atoms with E-state index in [2.05, 4.69) is 41.9 Å². The second-order valence-corrected chi connectivity index (χ2v) is 33.2. The number of aliphatic imine (C=N–C) groups is 4. The number of benzene rings is 8. The second kappa shape index (κ2) is 28.4.